The lowest BCUT2D eigenvalue weighted by atomic mass is 9.83. The fraction of sp³-hybridized carbons (Fsp3) is 0.500. The van der Waals surface area contributed by atoms with Crippen LogP contribution >= 0.6 is 15.9 Å². The van der Waals surface area contributed by atoms with Gasteiger partial charge in [0.25, 0.3) is 0 Å². The van der Waals surface area contributed by atoms with Crippen molar-refractivity contribution < 1.29 is 4.79 Å². The van der Waals surface area contributed by atoms with Crippen LogP contribution < -0.4 is 5.73 Å². The highest BCUT2D eigenvalue weighted by Crippen LogP contribution is 2.32. The predicted octanol–water partition coefficient (Wildman–Crippen LogP) is 3.28. The maximum Gasteiger partial charge on any atom is 0.248 e. The van der Waals surface area contributed by atoms with Gasteiger partial charge in [-0.05, 0) is 36.8 Å². The number of amides is 1. The molecule has 2 rings (SSSR count). The second kappa shape index (κ2) is 5.67. The summed E-state index contributed by atoms with van der Waals surface area (Å²) in [5, 5.41) is 0. The van der Waals surface area contributed by atoms with Crippen LogP contribution in [0.15, 0.2) is 24.3 Å². The van der Waals surface area contributed by atoms with Crippen molar-refractivity contribution in [1.29, 1.82) is 0 Å². The Morgan fingerprint density at radius 1 is 1.29 bits per heavy atom. The topological polar surface area (TPSA) is 43.1 Å². The second-order valence-corrected chi connectivity index (χ2v) is 5.96. The zero-order valence-electron chi connectivity index (χ0n) is 9.86. The molecule has 1 fully saturated rings. The number of benzene rings is 1. The highest BCUT2D eigenvalue weighted by atomic mass is 79.9. The Kier molecular flexibility index (Phi) is 4.21. The molecule has 17 heavy (non-hydrogen) atoms. The minimum absolute atomic E-state index is 0.317. The van der Waals surface area contributed by atoms with Crippen LogP contribution in [0.4, 0.5) is 0 Å². The van der Waals surface area contributed by atoms with Gasteiger partial charge >= 0.3 is 0 Å². The van der Waals surface area contributed by atoms with Crippen molar-refractivity contribution in [1.82, 2.24) is 0 Å². The predicted molar refractivity (Wildman–Crippen MR) is 73.3 cm³/mol. The molecule has 0 saturated heterocycles. The third-order valence-electron chi connectivity index (χ3n) is 3.58. The van der Waals surface area contributed by atoms with E-state index in [1.54, 1.807) is 0 Å². The molecule has 2 N–H and O–H groups in total. The van der Waals surface area contributed by atoms with Crippen molar-refractivity contribution in [3.8, 4) is 0 Å². The summed E-state index contributed by atoms with van der Waals surface area (Å²) < 4.78 is 0. The quantitative estimate of drug-likeness (QED) is 0.855. The molecule has 0 bridgehead atoms. The largest absolute Gasteiger partial charge is 0.366 e. The molecule has 0 aliphatic heterocycles. The van der Waals surface area contributed by atoms with Crippen LogP contribution in [0.3, 0.4) is 0 Å². The lowest BCUT2D eigenvalue weighted by Crippen LogP contribution is -2.23. The average Bonchev–Trinajstić information content (AvgIpc) is 2.32. The molecule has 1 amide bonds. The standard InChI is InChI=1S/C14H18BrNO/c15-13-8-4-2-6-11(13)9-10-5-1-3-7-12(10)14(16)17/h1,3,5,7,11,13H,2,4,6,8-9H2,(H2,16,17). The molecule has 2 nitrogen and oxygen atoms in total. The van der Waals surface area contributed by atoms with Gasteiger partial charge in [0, 0.05) is 10.4 Å². The zero-order valence-corrected chi connectivity index (χ0v) is 11.4. The molecule has 92 valence electrons. The summed E-state index contributed by atoms with van der Waals surface area (Å²) in [6, 6.07) is 7.70. The van der Waals surface area contributed by atoms with Crippen LogP contribution in [-0.4, -0.2) is 10.7 Å². The third-order valence-corrected chi connectivity index (χ3v) is 4.79. The summed E-state index contributed by atoms with van der Waals surface area (Å²) in [5.74, 6) is 0.312. The van der Waals surface area contributed by atoms with E-state index in [0.29, 0.717) is 16.3 Å². The smallest absolute Gasteiger partial charge is 0.248 e. The van der Waals surface area contributed by atoms with Gasteiger partial charge in [0.05, 0.1) is 0 Å². The fourth-order valence-electron chi connectivity index (χ4n) is 2.61. The van der Waals surface area contributed by atoms with Crippen LogP contribution in [0.2, 0.25) is 0 Å². The monoisotopic (exact) mass is 295 g/mol. The van der Waals surface area contributed by atoms with Crippen molar-refractivity contribution in [2.24, 2.45) is 11.7 Å². The second-order valence-electron chi connectivity index (χ2n) is 4.79. The first kappa shape index (κ1) is 12.6. The molecule has 1 aliphatic carbocycles. The number of rotatable bonds is 3. The first-order chi connectivity index (χ1) is 8.18. The van der Waals surface area contributed by atoms with E-state index in [4.69, 9.17) is 5.73 Å². The number of hydrogen-bond acceptors (Lipinski definition) is 1. The molecule has 0 heterocycles. The number of carbonyl (C=O) groups is 1. The van der Waals surface area contributed by atoms with Crippen LogP contribution in [0, 0.1) is 5.92 Å². The minimum Gasteiger partial charge on any atom is -0.366 e. The lowest BCUT2D eigenvalue weighted by molar-refractivity contribution is 0.0999. The minimum atomic E-state index is -0.317. The first-order valence-corrected chi connectivity index (χ1v) is 7.12. The van der Waals surface area contributed by atoms with Crippen LogP contribution in [0.25, 0.3) is 0 Å². The number of carbonyl (C=O) groups excluding carboxylic acids is 1. The summed E-state index contributed by atoms with van der Waals surface area (Å²) in [4.78, 5) is 11.9. The van der Waals surface area contributed by atoms with E-state index in [2.05, 4.69) is 15.9 Å². The molecule has 3 heteroatoms. The number of hydrogen-bond donors (Lipinski definition) is 1. The summed E-state index contributed by atoms with van der Waals surface area (Å²) >= 11 is 3.76. The van der Waals surface area contributed by atoms with Crippen molar-refractivity contribution in [3.05, 3.63) is 35.4 Å². The van der Waals surface area contributed by atoms with Gasteiger partial charge in [0.1, 0.15) is 0 Å². The van der Waals surface area contributed by atoms with E-state index < -0.39 is 0 Å². The molecule has 0 radical (unpaired) electrons. The Hall–Kier alpha value is -0.830. The molecular weight excluding hydrogens is 278 g/mol. The third kappa shape index (κ3) is 3.09. The maximum atomic E-state index is 11.4. The highest BCUT2D eigenvalue weighted by molar-refractivity contribution is 9.09. The van der Waals surface area contributed by atoms with Crippen molar-refractivity contribution in [2.45, 2.75) is 36.9 Å². The Labute approximate surface area is 111 Å². The number of nitrogens with two attached hydrogens (primary N) is 1. The van der Waals surface area contributed by atoms with E-state index in [-0.39, 0.29) is 5.91 Å². The molecule has 2 unspecified atom stereocenters. The van der Waals surface area contributed by atoms with Crippen molar-refractivity contribution in [2.75, 3.05) is 0 Å². The number of alkyl halides is 1. The van der Waals surface area contributed by atoms with Crippen LogP contribution in [-0.2, 0) is 6.42 Å². The molecule has 1 saturated carbocycles. The van der Waals surface area contributed by atoms with Gasteiger partial charge in [0.2, 0.25) is 5.91 Å². The van der Waals surface area contributed by atoms with Crippen LogP contribution in [0.5, 0.6) is 0 Å². The number of halogens is 1. The molecule has 1 aromatic rings. The Bertz CT molecular complexity index is 405. The molecular formula is C14H18BrNO. The van der Waals surface area contributed by atoms with Gasteiger partial charge in [-0.25, -0.2) is 0 Å². The lowest BCUT2D eigenvalue weighted by Gasteiger charge is -2.27. The van der Waals surface area contributed by atoms with Gasteiger partial charge < -0.3 is 5.73 Å². The average molecular weight is 296 g/mol. The first-order valence-electron chi connectivity index (χ1n) is 6.20. The Morgan fingerprint density at radius 3 is 2.71 bits per heavy atom. The summed E-state index contributed by atoms with van der Waals surface area (Å²) in [6.07, 6.45) is 6.04. The fourth-order valence-corrected chi connectivity index (χ4v) is 3.39. The van der Waals surface area contributed by atoms with E-state index in [0.717, 1.165) is 12.0 Å². The van der Waals surface area contributed by atoms with E-state index >= 15 is 0 Å². The van der Waals surface area contributed by atoms with E-state index in [9.17, 15) is 4.79 Å². The summed E-state index contributed by atoms with van der Waals surface area (Å²) in [6.45, 7) is 0. The van der Waals surface area contributed by atoms with Crippen molar-refractivity contribution >= 4 is 21.8 Å². The van der Waals surface area contributed by atoms with Gasteiger partial charge in [-0.2, -0.15) is 0 Å². The summed E-state index contributed by atoms with van der Waals surface area (Å²) in [5.41, 5.74) is 7.18. The van der Waals surface area contributed by atoms with Gasteiger partial charge in [-0.1, -0.05) is 47.0 Å². The van der Waals surface area contributed by atoms with Gasteiger partial charge in [-0.3, -0.25) is 4.79 Å². The SMILES string of the molecule is NC(=O)c1ccccc1CC1CCCCC1Br. The Morgan fingerprint density at radius 2 is 2.00 bits per heavy atom. The molecule has 0 spiro atoms. The normalized spacial score (nSPS) is 24.5. The molecule has 0 aromatic heterocycles. The molecule has 1 aromatic carbocycles. The van der Waals surface area contributed by atoms with E-state index in [1.165, 1.54) is 25.7 Å². The van der Waals surface area contributed by atoms with E-state index in [1.807, 2.05) is 24.3 Å². The summed E-state index contributed by atoms with van der Waals surface area (Å²) in [7, 11) is 0. The van der Waals surface area contributed by atoms with Gasteiger partial charge in [0.15, 0.2) is 0 Å². The van der Waals surface area contributed by atoms with Gasteiger partial charge in [-0.15, -0.1) is 0 Å². The Balaban J connectivity index is 2.14. The zero-order chi connectivity index (χ0) is 12.3. The molecule has 1 aliphatic rings. The molecule has 2 atom stereocenters. The number of primary amides is 1. The van der Waals surface area contributed by atoms with Crippen molar-refractivity contribution in [3.63, 3.8) is 0 Å². The van der Waals surface area contributed by atoms with Crippen LogP contribution in [0.1, 0.15) is 41.6 Å². The maximum absolute atomic E-state index is 11.4. The highest BCUT2D eigenvalue weighted by Gasteiger charge is 2.24.